The molecule has 78 valence electrons. The van der Waals surface area contributed by atoms with Crippen LogP contribution in [0, 0.1) is 0 Å². The Hall–Kier alpha value is -0.180. The Balaban J connectivity index is 2.36. The molecule has 0 aromatic rings. The standard InChI is InChI=1S/C8H17O4P/c1-2-11-8(9)7-13(10)6-4-3-5-12-13/h10,13H,2-7H2,1H3. The summed E-state index contributed by atoms with van der Waals surface area (Å²) in [5.41, 5.74) is 0. The molecule has 0 unspecified atom stereocenters. The summed E-state index contributed by atoms with van der Waals surface area (Å²) in [5.74, 6) is -0.335. The molecule has 4 nitrogen and oxygen atoms in total. The van der Waals surface area contributed by atoms with Crippen molar-refractivity contribution in [2.75, 3.05) is 25.5 Å². The molecule has 0 aromatic heterocycles. The van der Waals surface area contributed by atoms with Crippen LogP contribution >= 0.6 is 7.72 Å². The summed E-state index contributed by atoms with van der Waals surface area (Å²) in [6, 6.07) is 0. The van der Waals surface area contributed by atoms with Crippen molar-refractivity contribution < 1.29 is 18.9 Å². The number of carbonyl (C=O) groups excluding carboxylic acids is 1. The van der Waals surface area contributed by atoms with E-state index in [1.54, 1.807) is 6.92 Å². The molecule has 1 fully saturated rings. The third-order valence-corrected chi connectivity index (χ3v) is 4.78. The minimum absolute atomic E-state index is 0.0842. The molecule has 0 atom stereocenters. The zero-order chi connectivity index (χ0) is 9.73. The van der Waals surface area contributed by atoms with Gasteiger partial charge >= 0.3 is 77.9 Å². The zero-order valence-corrected chi connectivity index (χ0v) is 8.91. The Bertz CT molecular complexity index is 177. The van der Waals surface area contributed by atoms with Crippen molar-refractivity contribution in [3.05, 3.63) is 0 Å². The van der Waals surface area contributed by atoms with E-state index in [-0.39, 0.29) is 12.1 Å². The fourth-order valence-corrected chi connectivity index (χ4v) is 3.72. The summed E-state index contributed by atoms with van der Waals surface area (Å²) >= 11 is 0. The van der Waals surface area contributed by atoms with Crippen LogP contribution in [0.2, 0.25) is 0 Å². The van der Waals surface area contributed by atoms with Gasteiger partial charge in [0.25, 0.3) is 0 Å². The first-order valence-corrected chi connectivity index (χ1v) is 6.95. The van der Waals surface area contributed by atoms with Crippen molar-refractivity contribution in [3.63, 3.8) is 0 Å². The Morgan fingerprint density at radius 1 is 1.62 bits per heavy atom. The van der Waals surface area contributed by atoms with Gasteiger partial charge < -0.3 is 0 Å². The van der Waals surface area contributed by atoms with E-state index in [1.165, 1.54) is 0 Å². The van der Waals surface area contributed by atoms with E-state index in [9.17, 15) is 9.69 Å². The molecule has 5 heteroatoms. The molecular formula is C8H17O4P. The molecule has 1 N–H and O–H groups in total. The summed E-state index contributed by atoms with van der Waals surface area (Å²) in [6.07, 6.45) is 2.69. The first-order chi connectivity index (χ1) is 6.16. The van der Waals surface area contributed by atoms with Gasteiger partial charge in [-0.1, -0.05) is 0 Å². The Kier molecular flexibility index (Phi) is 4.10. The monoisotopic (exact) mass is 208 g/mol. The van der Waals surface area contributed by atoms with Gasteiger partial charge in [-0.2, -0.15) is 0 Å². The van der Waals surface area contributed by atoms with Crippen molar-refractivity contribution in [2.24, 2.45) is 0 Å². The number of rotatable bonds is 3. The van der Waals surface area contributed by atoms with Crippen LogP contribution in [0.1, 0.15) is 19.8 Å². The van der Waals surface area contributed by atoms with Crippen LogP contribution in [-0.4, -0.2) is 36.4 Å². The van der Waals surface area contributed by atoms with Crippen LogP contribution in [-0.2, 0) is 14.1 Å². The number of esters is 1. The van der Waals surface area contributed by atoms with Gasteiger partial charge in [-0.15, -0.1) is 0 Å². The van der Waals surface area contributed by atoms with Crippen molar-refractivity contribution in [3.8, 4) is 0 Å². The van der Waals surface area contributed by atoms with Gasteiger partial charge in [-0.3, -0.25) is 0 Å². The quantitative estimate of drug-likeness (QED) is 0.553. The van der Waals surface area contributed by atoms with Gasteiger partial charge in [0.2, 0.25) is 0 Å². The van der Waals surface area contributed by atoms with Gasteiger partial charge in [-0.25, -0.2) is 0 Å². The Labute approximate surface area is 78.7 Å². The van der Waals surface area contributed by atoms with Crippen LogP contribution in [0.4, 0.5) is 0 Å². The maximum absolute atomic E-state index is 11.1. The Morgan fingerprint density at radius 2 is 2.38 bits per heavy atom. The van der Waals surface area contributed by atoms with E-state index in [1.807, 2.05) is 0 Å². The third kappa shape index (κ3) is 3.59. The molecule has 0 aliphatic carbocycles. The summed E-state index contributed by atoms with van der Waals surface area (Å²) in [5, 5.41) is 0. The number of hydrogen-bond acceptors (Lipinski definition) is 4. The van der Waals surface area contributed by atoms with Crippen LogP contribution in [0.15, 0.2) is 0 Å². The second-order valence-electron chi connectivity index (χ2n) is 3.23. The fourth-order valence-electron chi connectivity index (χ4n) is 1.41. The molecule has 1 aliphatic rings. The normalized spacial score (nSPS) is 23.5. The van der Waals surface area contributed by atoms with Crippen LogP contribution in [0.5, 0.6) is 0 Å². The van der Waals surface area contributed by atoms with E-state index in [0.717, 1.165) is 12.8 Å². The predicted molar refractivity (Wildman–Crippen MR) is 52.1 cm³/mol. The van der Waals surface area contributed by atoms with E-state index in [2.05, 4.69) is 0 Å². The zero-order valence-electron chi connectivity index (χ0n) is 7.91. The van der Waals surface area contributed by atoms with Crippen LogP contribution in [0.3, 0.4) is 0 Å². The van der Waals surface area contributed by atoms with Crippen molar-refractivity contribution in [1.29, 1.82) is 0 Å². The first kappa shape index (κ1) is 10.9. The third-order valence-electron chi connectivity index (χ3n) is 2.06. The van der Waals surface area contributed by atoms with Gasteiger partial charge in [0.1, 0.15) is 0 Å². The maximum atomic E-state index is 11.1. The van der Waals surface area contributed by atoms with Crippen molar-refractivity contribution in [1.82, 2.24) is 0 Å². The average Bonchev–Trinajstić information content (AvgIpc) is 2.04. The molecule has 0 amide bonds. The molecule has 0 spiro atoms. The van der Waals surface area contributed by atoms with E-state index in [4.69, 9.17) is 9.26 Å². The van der Waals surface area contributed by atoms with Crippen molar-refractivity contribution in [2.45, 2.75) is 19.8 Å². The number of hydrogen-bond donors (Lipinski definition) is 1. The molecule has 1 heterocycles. The van der Waals surface area contributed by atoms with Crippen LogP contribution in [0.25, 0.3) is 0 Å². The average molecular weight is 208 g/mol. The fraction of sp³-hybridized carbons (Fsp3) is 0.875. The molecule has 1 aliphatic heterocycles. The second-order valence-corrected chi connectivity index (χ2v) is 6.27. The summed E-state index contributed by atoms with van der Waals surface area (Å²) in [6.45, 7) is 2.71. The first-order valence-electron chi connectivity index (χ1n) is 4.68. The van der Waals surface area contributed by atoms with Gasteiger partial charge in [-0.05, 0) is 0 Å². The molecule has 0 aromatic carbocycles. The minimum atomic E-state index is -2.71. The summed E-state index contributed by atoms with van der Waals surface area (Å²) in [4.78, 5) is 21.0. The number of ether oxygens (including phenoxy) is 1. The molecule has 13 heavy (non-hydrogen) atoms. The second kappa shape index (κ2) is 4.89. The molecule has 0 radical (unpaired) electrons. The van der Waals surface area contributed by atoms with Crippen LogP contribution < -0.4 is 0 Å². The van der Waals surface area contributed by atoms with E-state index in [0.29, 0.717) is 19.4 Å². The number of carbonyl (C=O) groups is 1. The summed E-state index contributed by atoms with van der Waals surface area (Å²) in [7, 11) is -2.71. The Morgan fingerprint density at radius 3 is 2.92 bits per heavy atom. The predicted octanol–water partition coefficient (Wildman–Crippen LogP) is 0.932. The molecule has 0 bridgehead atoms. The van der Waals surface area contributed by atoms with Gasteiger partial charge in [0, 0.05) is 0 Å². The summed E-state index contributed by atoms with van der Waals surface area (Å²) < 4.78 is 10.0. The van der Waals surface area contributed by atoms with Crippen molar-refractivity contribution >= 4 is 13.7 Å². The topological polar surface area (TPSA) is 55.8 Å². The molecule has 1 saturated heterocycles. The SMILES string of the molecule is CCOC(=O)C[PH]1(O)CCCCO1. The van der Waals surface area contributed by atoms with Gasteiger partial charge in [0.05, 0.1) is 0 Å². The van der Waals surface area contributed by atoms with E-state index < -0.39 is 7.72 Å². The van der Waals surface area contributed by atoms with E-state index >= 15 is 0 Å². The van der Waals surface area contributed by atoms with Gasteiger partial charge in [0.15, 0.2) is 0 Å². The molecular weight excluding hydrogens is 191 g/mol. The molecule has 1 rings (SSSR count). The molecule has 0 saturated carbocycles.